The molecule has 152 valence electrons. The maximum atomic E-state index is 12.4. The molecule has 0 spiro atoms. The molecule has 0 fully saturated rings. The Hall–Kier alpha value is -3.13. The SMILES string of the molecule is COc1cc(OC)c(C(Cn2ccnc2)SOC(=O)c2ccccc2)c(OC)c1. The van der Waals surface area contributed by atoms with Crippen molar-refractivity contribution in [2.75, 3.05) is 21.3 Å². The van der Waals surface area contributed by atoms with Crippen LogP contribution >= 0.6 is 12.0 Å². The summed E-state index contributed by atoms with van der Waals surface area (Å²) in [5.41, 5.74) is 1.24. The van der Waals surface area contributed by atoms with Gasteiger partial charge in [-0.1, -0.05) is 18.2 Å². The first kappa shape index (κ1) is 20.6. The van der Waals surface area contributed by atoms with Crippen LogP contribution in [0.1, 0.15) is 21.2 Å². The molecule has 0 saturated heterocycles. The summed E-state index contributed by atoms with van der Waals surface area (Å²) in [5, 5.41) is -0.312. The summed E-state index contributed by atoms with van der Waals surface area (Å²) in [6.07, 6.45) is 5.24. The molecular formula is C21H22N2O5S. The van der Waals surface area contributed by atoms with Gasteiger partial charge in [-0.25, -0.2) is 9.78 Å². The van der Waals surface area contributed by atoms with Crippen LogP contribution in [0.25, 0.3) is 0 Å². The number of carbonyl (C=O) groups is 1. The number of benzene rings is 2. The first-order valence-corrected chi connectivity index (χ1v) is 9.65. The molecule has 1 heterocycles. The Morgan fingerprint density at radius 1 is 1.07 bits per heavy atom. The lowest BCUT2D eigenvalue weighted by atomic mass is 10.1. The second kappa shape index (κ2) is 9.88. The average molecular weight is 414 g/mol. The van der Waals surface area contributed by atoms with Gasteiger partial charge in [0.2, 0.25) is 0 Å². The van der Waals surface area contributed by atoms with Crippen molar-refractivity contribution in [3.63, 3.8) is 0 Å². The van der Waals surface area contributed by atoms with E-state index in [1.807, 2.05) is 16.8 Å². The summed E-state index contributed by atoms with van der Waals surface area (Å²) in [7, 11) is 4.73. The third kappa shape index (κ3) is 5.03. The van der Waals surface area contributed by atoms with Crippen LogP contribution in [0.3, 0.4) is 0 Å². The summed E-state index contributed by atoms with van der Waals surface area (Å²) in [6, 6.07) is 12.4. The highest BCUT2D eigenvalue weighted by molar-refractivity contribution is 7.95. The molecule has 0 aliphatic heterocycles. The third-order valence-electron chi connectivity index (χ3n) is 4.26. The quantitative estimate of drug-likeness (QED) is 0.487. The van der Waals surface area contributed by atoms with Crippen LogP contribution in [0.5, 0.6) is 17.2 Å². The number of hydrogen-bond donors (Lipinski definition) is 0. The highest BCUT2D eigenvalue weighted by Crippen LogP contribution is 2.45. The molecule has 29 heavy (non-hydrogen) atoms. The number of rotatable bonds is 9. The fourth-order valence-corrected chi connectivity index (χ4v) is 3.69. The molecule has 7 nitrogen and oxygen atoms in total. The van der Waals surface area contributed by atoms with E-state index in [9.17, 15) is 4.79 Å². The van der Waals surface area contributed by atoms with Crippen molar-refractivity contribution in [3.05, 3.63) is 72.3 Å². The van der Waals surface area contributed by atoms with E-state index in [-0.39, 0.29) is 5.25 Å². The Labute approximate surface area is 173 Å². The van der Waals surface area contributed by atoms with E-state index in [0.29, 0.717) is 29.4 Å². The number of hydrogen-bond acceptors (Lipinski definition) is 7. The van der Waals surface area contributed by atoms with Gasteiger partial charge < -0.3 is 23.0 Å². The molecule has 0 amide bonds. The molecule has 1 aromatic heterocycles. The van der Waals surface area contributed by atoms with Crippen molar-refractivity contribution in [2.45, 2.75) is 11.8 Å². The van der Waals surface area contributed by atoms with Crippen LogP contribution in [0.2, 0.25) is 0 Å². The first-order chi connectivity index (χ1) is 14.2. The van der Waals surface area contributed by atoms with E-state index < -0.39 is 5.97 Å². The number of methoxy groups -OCH3 is 3. The Morgan fingerprint density at radius 3 is 2.31 bits per heavy atom. The zero-order valence-corrected chi connectivity index (χ0v) is 17.2. The number of carbonyl (C=O) groups excluding carboxylic acids is 1. The van der Waals surface area contributed by atoms with Gasteiger partial charge in [0.05, 0.1) is 56.1 Å². The standard InChI is InChI=1S/C21H22N2O5S/c1-25-16-11-17(26-2)20(18(12-16)27-3)19(13-23-10-9-22-14-23)29-28-21(24)15-7-5-4-6-8-15/h4-12,14,19H,13H2,1-3H3. The van der Waals surface area contributed by atoms with Crippen LogP contribution in [0, 0.1) is 0 Å². The Morgan fingerprint density at radius 2 is 1.76 bits per heavy atom. The molecule has 0 saturated carbocycles. The maximum absolute atomic E-state index is 12.4. The van der Waals surface area contributed by atoms with Gasteiger partial charge in [-0.3, -0.25) is 0 Å². The molecule has 1 unspecified atom stereocenters. The summed E-state index contributed by atoms with van der Waals surface area (Å²) in [6.45, 7) is 0.492. The molecule has 3 rings (SSSR count). The highest BCUT2D eigenvalue weighted by Gasteiger charge is 2.26. The number of ether oxygens (including phenoxy) is 3. The molecule has 0 bridgehead atoms. The Balaban J connectivity index is 1.92. The second-order valence-corrected chi connectivity index (χ2v) is 6.95. The molecule has 8 heteroatoms. The summed E-state index contributed by atoms with van der Waals surface area (Å²) < 4.78 is 23.9. The molecule has 1 atom stereocenters. The van der Waals surface area contributed by atoms with Gasteiger partial charge in [0, 0.05) is 31.1 Å². The Bertz CT molecular complexity index is 907. The van der Waals surface area contributed by atoms with Crippen LogP contribution in [0.4, 0.5) is 0 Å². The number of aromatic nitrogens is 2. The minimum Gasteiger partial charge on any atom is -0.496 e. The van der Waals surface area contributed by atoms with Crippen molar-refractivity contribution in [1.29, 1.82) is 0 Å². The molecule has 3 aromatic rings. The molecule has 0 aliphatic carbocycles. The third-order valence-corrected chi connectivity index (χ3v) is 5.13. The van der Waals surface area contributed by atoms with Crippen molar-refractivity contribution >= 4 is 18.0 Å². The minimum atomic E-state index is -0.419. The monoisotopic (exact) mass is 414 g/mol. The predicted octanol–water partition coefficient (Wildman–Crippen LogP) is 4.16. The van der Waals surface area contributed by atoms with Gasteiger partial charge in [0.1, 0.15) is 17.2 Å². The lowest BCUT2D eigenvalue weighted by Crippen LogP contribution is -2.11. The van der Waals surface area contributed by atoms with Crippen LogP contribution in [-0.4, -0.2) is 36.8 Å². The summed E-state index contributed by atoms with van der Waals surface area (Å²) in [4.78, 5) is 16.5. The largest absolute Gasteiger partial charge is 0.496 e. The van der Waals surface area contributed by atoms with Gasteiger partial charge in [-0.05, 0) is 12.1 Å². The minimum absolute atomic E-state index is 0.312. The molecule has 0 aliphatic rings. The van der Waals surface area contributed by atoms with Gasteiger partial charge in [-0.2, -0.15) is 0 Å². The van der Waals surface area contributed by atoms with Gasteiger partial charge in [0.15, 0.2) is 0 Å². The van der Waals surface area contributed by atoms with Crippen molar-refractivity contribution in [2.24, 2.45) is 0 Å². The molecular weight excluding hydrogens is 392 g/mol. The van der Waals surface area contributed by atoms with E-state index in [2.05, 4.69) is 4.98 Å². The summed E-state index contributed by atoms with van der Waals surface area (Å²) in [5.74, 6) is 1.34. The number of nitrogens with zero attached hydrogens (tertiary/aromatic N) is 2. The maximum Gasteiger partial charge on any atom is 0.350 e. The second-order valence-electron chi connectivity index (χ2n) is 6.03. The van der Waals surface area contributed by atoms with E-state index in [4.69, 9.17) is 18.4 Å². The average Bonchev–Trinajstić information content (AvgIpc) is 3.29. The van der Waals surface area contributed by atoms with Crippen molar-refractivity contribution in [1.82, 2.24) is 9.55 Å². The van der Waals surface area contributed by atoms with Crippen LogP contribution in [-0.2, 0) is 10.7 Å². The van der Waals surface area contributed by atoms with Gasteiger partial charge >= 0.3 is 5.97 Å². The van der Waals surface area contributed by atoms with E-state index in [1.54, 1.807) is 70.3 Å². The Kier molecular flexibility index (Phi) is 7.02. The fraction of sp³-hybridized carbons (Fsp3) is 0.238. The predicted molar refractivity (Wildman–Crippen MR) is 111 cm³/mol. The topological polar surface area (TPSA) is 71.8 Å². The van der Waals surface area contributed by atoms with E-state index in [1.165, 1.54) is 0 Å². The van der Waals surface area contributed by atoms with Crippen molar-refractivity contribution in [3.8, 4) is 17.2 Å². The van der Waals surface area contributed by atoms with Crippen LogP contribution in [0.15, 0.2) is 61.2 Å². The normalized spacial score (nSPS) is 11.6. The van der Waals surface area contributed by atoms with Crippen molar-refractivity contribution < 1.29 is 23.2 Å². The lowest BCUT2D eigenvalue weighted by Gasteiger charge is -2.22. The molecule has 0 radical (unpaired) electrons. The first-order valence-electron chi connectivity index (χ1n) is 8.84. The fourth-order valence-electron chi connectivity index (χ4n) is 2.83. The van der Waals surface area contributed by atoms with E-state index in [0.717, 1.165) is 17.6 Å². The highest BCUT2D eigenvalue weighted by atomic mass is 32.2. The smallest absolute Gasteiger partial charge is 0.350 e. The van der Waals surface area contributed by atoms with Gasteiger partial charge in [-0.15, -0.1) is 0 Å². The molecule has 0 N–H and O–H groups in total. The molecule has 2 aromatic carbocycles. The van der Waals surface area contributed by atoms with Gasteiger partial charge in [0.25, 0.3) is 0 Å². The zero-order chi connectivity index (χ0) is 20.6. The number of imidazole rings is 1. The summed E-state index contributed by atoms with van der Waals surface area (Å²) >= 11 is 1.05. The van der Waals surface area contributed by atoms with E-state index >= 15 is 0 Å². The lowest BCUT2D eigenvalue weighted by molar-refractivity contribution is 0.0766. The van der Waals surface area contributed by atoms with Crippen LogP contribution < -0.4 is 14.2 Å². The zero-order valence-electron chi connectivity index (χ0n) is 16.4.